The van der Waals surface area contributed by atoms with Gasteiger partial charge in [-0.15, -0.1) is 11.3 Å². The Kier molecular flexibility index (Phi) is 4.22. The summed E-state index contributed by atoms with van der Waals surface area (Å²) in [6, 6.07) is 16.1. The van der Waals surface area contributed by atoms with Crippen molar-refractivity contribution in [2.24, 2.45) is 0 Å². The first-order chi connectivity index (χ1) is 11.7. The monoisotopic (exact) mass is 417 g/mol. The number of aromatic nitrogens is 1. The van der Waals surface area contributed by atoms with E-state index in [1.807, 2.05) is 36.4 Å². The third kappa shape index (κ3) is 2.70. The van der Waals surface area contributed by atoms with Gasteiger partial charge in [0.1, 0.15) is 0 Å². The number of thiophene rings is 1. The van der Waals surface area contributed by atoms with Crippen LogP contribution in [0.4, 0.5) is 0 Å². The zero-order chi connectivity index (χ0) is 16.7. The van der Waals surface area contributed by atoms with Crippen LogP contribution in [0.1, 0.15) is 5.56 Å². The minimum atomic E-state index is 0.0172. The quantitative estimate of drug-likeness (QED) is 0.417. The molecule has 24 heavy (non-hydrogen) atoms. The maximum absolute atomic E-state index is 9.36. The topological polar surface area (TPSA) is 25.2 Å². The molecule has 0 bridgehead atoms. The van der Waals surface area contributed by atoms with E-state index in [-0.39, 0.29) is 6.61 Å². The molecule has 0 saturated heterocycles. The fraction of sp³-hybridized carbons (Fsp3) is 0.0526. The molecule has 2 aromatic carbocycles. The molecule has 2 nitrogen and oxygen atoms in total. The fourth-order valence-electron chi connectivity index (χ4n) is 2.86. The average molecular weight is 419 g/mol. The van der Waals surface area contributed by atoms with Crippen molar-refractivity contribution in [2.45, 2.75) is 6.61 Å². The standard InChI is InChI=1S/C19H13BrClNOS/c20-17-9-14(5-3-12(17)11-23)22-10-16(19-2-1-7-24-19)15-8-13(21)4-6-18(15)22/h1-10,23H,11H2. The van der Waals surface area contributed by atoms with Crippen LogP contribution in [-0.2, 0) is 6.61 Å². The molecule has 120 valence electrons. The van der Waals surface area contributed by atoms with E-state index in [0.29, 0.717) is 0 Å². The van der Waals surface area contributed by atoms with Crippen molar-refractivity contribution in [3.05, 3.63) is 75.2 Å². The number of benzene rings is 2. The summed E-state index contributed by atoms with van der Waals surface area (Å²) in [4.78, 5) is 1.21. The van der Waals surface area contributed by atoms with E-state index in [9.17, 15) is 5.11 Å². The van der Waals surface area contributed by atoms with Gasteiger partial charge in [-0.25, -0.2) is 0 Å². The Labute approximate surface area is 157 Å². The van der Waals surface area contributed by atoms with Crippen LogP contribution in [0.5, 0.6) is 0 Å². The molecule has 0 spiro atoms. The third-order valence-electron chi connectivity index (χ3n) is 4.04. The summed E-state index contributed by atoms with van der Waals surface area (Å²) in [6.45, 7) is 0.0172. The lowest BCUT2D eigenvalue weighted by atomic mass is 10.1. The van der Waals surface area contributed by atoms with Crippen LogP contribution in [0.15, 0.2) is 64.6 Å². The van der Waals surface area contributed by atoms with Crippen LogP contribution >= 0.6 is 38.9 Å². The van der Waals surface area contributed by atoms with Crippen molar-refractivity contribution < 1.29 is 5.11 Å². The number of hydrogen-bond acceptors (Lipinski definition) is 2. The van der Waals surface area contributed by atoms with Gasteiger partial charge in [-0.2, -0.15) is 0 Å². The van der Waals surface area contributed by atoms with E-state index in [2.05, 4.69) is 44.2 Å². The Morgan fingerprint density at radius 1 is 1.12 bits per heavy atom. The van der Waals surface area contributed by atoms with Crippen molar-refractivity contribution in [3.63, 3.8) is 0 Å². The van der Waals surface area contributed by atoms with Crippen molar-refractivity contribution >= 4 is 49.8 Å². The smallest absolute Gasteiger partial charge is 0.0692 e. The molecule has 2 aromatic heterocycles. The van der Waals surface area contributed by atoms with Crippen molar-refractivity contribution in [2.75, 3.05) is 0 Å². The average Bonchev–Trinajstić information content (AvgIpc) is 3.21. The molecule has 1 N–H and O–H groups in total. The second-order valence-electron chi connectivity index (χ2n) is 5.49. The summed E-state index contributed by atoms with van der Waals surface area (Å²) in [5, 5.41) is 13.3. The highest BCUT2D eigenvalue weighted by Gasteiger charge is 2.13. The Morgan fingerprint density at radius 2 is 2.00 bits per heavy atom. The van der Waals surface area contributed by atoms with Gasteiger partial charge in [0.05, 0.1) is 12.1 Å². The highest BCUT2D eigenvalue weighted by atomic mass is 79.9. The summed E-state index contributed by atoms with van der Waals surface area (Å²) < 4.78 is 3.06. The van der Waals surface area contributed by atoms with Crippen LogP contribution in [0.2, 0.25) is 5.02 Å². The summed E-state index contributed by atoms with van der Waals surface area (Å²) >= 11 is 11.5. The molecule has 0 fully saturated rings. The van der Waals surface area contributed by atoms with Crippen LogP contribution in [-0.4, -0.2) is 9.67 Å². The summed E-state index contributed by atoms with van der Waals surface area (Å²) in [6.07, 6.45) is 2.15. The SMILES string of the molecule is OCc1ccc(-n2cc(-c3cccs3)c3cc(Cl)ccc32)cc1Br. The van der Waals surface area contributed by atoms with E-state index < -0.39 is 0 Å². The second kappa shape index (κ2) is 6.37. The molecule has 0 aliphatic carbocycles. The van der Waals surface area contributed by atoms with Crippen LogP contribution in [0, 0.1) is 0 Å². The van der Waals surface area contributed by atoms with Gasteiger partial charge in [0.2, 0.25) is 0 Å². The maximum atomic E-state index is 9.36. The Bertz CT molecular complexity index is 1020. The van der Waals surface area contributed by atoms with Gasteiger partial charge in [0, 0.05) is 37.2 Å². The predicted molar refractivity (Wildman–Crippen MR) is 105 cm³/mol. The largest absolute Gasteiger partial charge is 0.392 e. The molecule has 4 rings (SSSR count). The van der Waals surface area contributed by atoms with Gasteiger partial charge >= 0.3 is 0 Å². The van der Waals surface area contributed by atoms with Crippen LogP contribution in [0.25, 0.3) is 27.0 Å². The lowest BCUT2D eigenvalue weighted by Crippen LogP contribution is -1.94. The normalized spacial score (nSPS) is 11.3. The molecule has 0 saturated carbocycles. The highest BCUT2D eigenvalue weighted by molar-refractivity contribution is 9.10. The number of fused-ring (bicyclic) bond motifs is 1. The first-order valence-corrected chi connectivity index (χ1v) is 9.46. The number of hydrogen-bond donors (Lipinski definition) is 1. The van der Waals surface area contributed by atoms with Gasteiger partial charge in [-0.3, -0.25) is 0 Å². The Morgan fingerprint density at radius 3 is 2.71 bits per heavy atom. The van der Waals surface area contributed by atoms with Crippen molar-refractivity contribution in [1.29, 1.82) is 0 Å². The van der Waals surface area contributed by atoms with Gasteiger partial charge in [-0.05, 0) is 47.3 Å². The molecule has 4 aromatic rings. The summed E-state index contributed by atoms with van der Waals surface area (Å²) in [7, 11) is 0. The second-order valence-corrected chi connectivity index (χ2v) is 7.72. The molecular weight excluding hydrogens is 406 g/mol. The zero-order valence-corrected chi connectivity index (χ0v) is 15.7. The molecule has 0 radical (unpaired) electrons. The number of rotatable bonds is 3. The maximum Gasteiger partial charge on any atom is 0.0692 e. The van der Waals surface area contributed by atoms with Crippen LogP contribution < -0.4 is 0 Å². The van der Waals surface area contributed by atoms with Gasteiger partial charge < -0.3 is 9.67 Å². The van der Waals surface area contributed by atoms with Gasteiger partial charge in [-0.1, -0.05) is 39.7 Å². The van der Waals surface area contributed by atoms with E-state index in [1.54, 1.807) is 11.3 Å². The van der Waals surface area contributed by atoms with E-state index in [1.165, 1.54) is 10.4 Å². The van der Waals surface area contributed by atoms with E-state index in [4.69, 9.17) is 11.6 Å². The number of aliphatic hydroxyl groups is 1. The molecule has 0 unspecified atom stereocenters. The zero-order valence-electron chi connectivity index (χ0n) is 12.5. The van der Waals surface area contributed by atoms with Crippen molar-refractivity contribution in [3.8, 4) is 16.1 Å². The lowest BCUT2D eigenvalue weighted by Gasteiger charge is -2.08. The summed E-state index contributed by atoms with van der Waals surface area (Å²) in [5.41, 5.74) is 4.18. The minimum absolute atomic E-state index is 0.0172. The summed E-state index contributed by atoms with van der Waals surface area (Å²) in [5.74, 6) is 0. The number of halogens is 2. The highest BCUT2D eigenvalue weighted by Crippen LogP contribution is 2.36. The Balaban J connectivity index is 1.98. The van der Waals surface area contributed by atoms with Gasteiger partial charge in [0.25, 0.3) is 0 Å². The molecule has 0 aliphatic rings. The van der Waals surface area contributed by atoms with Crippen molar-refractivity contribution in [1.82, 2.24) is 4.57 Å². The first kappa shape index (κ1) is 15.9. The molecule has 0 amide bonds. The first-order valence-electron chi connectivity index (χ1n) is 7.41. The molecule has 0 aliphatic heterocycles. The van der Waals surface area contributed by atoms with Crippen LogP contribution in [0.3, 0.4) is 0 Å². The predicted octanol–water partition coefficient (Wildman–Crippen LogP) is 6.27. The molecule has 0 atom stereocenters. The van der Waals surface area contributed by atoms with E-state index >= 15 is 0 Å². The van der Waals surface area contributed by atoms with Gasteiger partial charge in [0.15, 0.2) is 0 Å². The lowest BCUT2D eigenvalue weighted by molar-refractivity contribution is 0.281. The number of nitrogens with zero attached hydrogens (tertiary/aromatic N) is 1. The fourth-order valence-corrected chi connectivity index (χ4v) is 4.27. The molecule has 2 heterocycles. The number of aliphatic hydroxyl groups excluding tert-OH is 1. The molecule has 5 heteroatoms. The Hall–Kier alpha value is -1.59. The van der Waals surface area contributed by atoms with E-state index in [0.717, 1.165) is 31.6 Å². The third-order valence-corrected chi connectivity index (χ3v) is 5.91. The molecular formula is C19H13BrClNOS. The minimum Gasteiger partial charge on any atom is -0.392 e.